The highest BCUT2D eigenvalue weighted by atomic mass is 32.1. The first kappa shape index (κ1) is 20.3. The Bertz CT molecular complexity index is 828. The summed E-state index contributed by atoms with van der Waals surface area (Å²) >= 11 is 1.66. The molecule has 0 unspecified atom stereocenters. The van der Waals surface area contributed by atoms with E-state index in [1.54, 1.807) is 23.5 Å². The molecule has 7 nitrogen and oxygen atoms in total. The van der Waals surface area contributed by atoms with Crippen LogP contribution >= 0.6 is 11.3 Å². The number of carbonyl (C=O) groups excluding carboxylic acids is 2. The summed E-state index contributed by atoms with van der Waals surface area (Å²) in [6, 6.07) is 7.27. The number of aromatic nitrogens is 1. The first-order chi connectivity index (χ1) is 13.4. The third-order valence-corrected chi connectivity index (χ3v) is 5.76. The van der Waals surface area contributed by atoms with E-state index >= 15 is 0 Å². The molecule has 2 N–H and O–H groups in total. The van der Waals surface area contributed by atoms with Gasteiger partial charge in [-0.1, -0.05) is 6.07 Å². The van der Waals surface area contributed by atoms with Gasteiger partial charge in [0.1, 0.15) is 0 Å². The number of rotatable bonds is 5. The van der Waals surface area contributed by atoms with Crippen LogP contribution in [0.25, 0.3) is 0 Å². The molecule has 0 spiro atoms. The molecule has 2 amide bonds. The maximum atomic E-state index is 12.4. The standard InChI is InChI=1S/C20H27N5O2S/c1-14-21-17(13-28-14)12-25-9-7-15(8-10-25)19(26)22-23-20(27)16-5-4-6-18(11-16)24(2)3/h4-6,11,13,15H,7-10,12H2,1-3H3,(H,22,26)(H,23,27). The molecule has 1 aliphatic rings. The molecule has 1 aromatic carbocycles. The van der Waals surface area contributed by atoms with Gasteiger partial charge in [0.25, 0.3) is 5.91 Å². The van der Waals surface area contributed by atoms with E-state index in [4.69, 9.17) is 0 Å². The van der Waals surface area contributed by atoms with Crippen LogP contribution in [0.15, 0.2) is 29.6 Å². The number of thiazole rings is 1. The van der Waals surface area contributed by atoms with Crippen LogP contribution in [0.2, 0.25) is 0 Å². The number of hydrogen-bond acceptors (Lipinski definition) is 6. The van der Waals surface area contributed by atoms with Gasteiger partial charge in [-0.2, -0.15) is 0 Å². The number of hydrogen-bond donors (Lipinski definition) is 2. The summed E-state index contributed by atoms with van der Waals surface area (Å²) < 4.78 is 0. The topological polar surface area (TPSA) is 77.6 Å². The molecule has 0 aliphatic carbocycles. The third kappa shape index (κ3) is 5.30. The zero-order chi connectivity index (χ0) is 20.1. The Labute approximate surface area is 169 Å². The Hall–Kier alpha value is -2.45. The number of piperidine rings is 1. The van der Waals surface area contributed by atoms with Crippen molar-refractivity contribution in [3.05, 3.63) is 45.9 Å². The Morgan fingerprint density at radius 3 is 2.64 bits per heavy atom. The van der Waals surface area contributed by atoms with E-state index in [-0.39, 0.29) is 17.7 Å². The van der Waals surface area contributed by atoms with Crippen LogP contribution in [-0.4, -0.2) is 48.9 Å². The molecule has 150 valence electrons. The minimum atomic E-state index is -0.312. The van der Waals surface area contributed by atoms with Gasteiger partial charge in [0.05, 0.1) is 10.7 Å². The Balaban J connectivity index is 1.44. The highest BCUT2D eigenvalue weighted by Crippen LogP contribution is 2.20. The second-order valence-electron chi connectivity index (χ2n) is 7.30. The molecule has 3 rings (SSSR count). The average molecular weight is 402 g/mol. The SMILES string of the molecule is Cc1nc(CN2CCC(C(=O)NNC(=O)c3cccc(N(C)C)c3)CC2)cs1. The number of amides is 2. The second-order valence-corrected chi connectivity index (χ2v) is 8.36. The number of benzene rings is 1. The van der Waals surface area contributed by atoms with Crippen molar-refractivity contribution in [1.82, 2.24) is 20.7 Å². The maximum absolute atomic E-state index is 12.4. The summed E-state index contributed by atoms with van der Waals surface area (Å²) in [6.07, 6.45) is 1.56. The minimum absolute atomic E-state index is 0.0816. The van der Waals surface area contributed by atoms with Crippen molar-refractivity contribution in [1.29, 1.82) is 0 Å². The van der Waals surface area contributed by atoms with E-state index in [9.17, 15) is 9.59 Å². The smallest absolute Gasteiger partial charge is 0.269 e. The molecular weight excluding hydrogens is 374 g/mol. The number of nitrogens with zero attached hydrogens (tertiary/aromatic N) is 3. The van der Waals surface area contributed by atoms with Crippen LogP contribution in [0.5, 0.6) is 0 Å². The lowest BCUT2D eigenvalue weighted by atomic mass is 9.96. The van der Waals surface area contributed by atoms with E-state index in [0.717, 1.165) is 48.9 Å². The summed E-state index contributed by atoms with van der Waals surface area (Å²) in [4.78, 5) is 33.5. The number of nitrogens with one attached hydrogen (secondary N) is 2. The minimum Gasteiger partial charge on any atom is -0.378 e. The predicted octanol–water partition coefficient (Wildman–Crippen LogP) is 2.19. The van der Waals surface area contributed by atoms with Crippen molar-refractivity contribution >= 4 is 28.8 Å². The van der Waals surface area contributed by atoms with Crippen LogP contribution in [0, 0.1) is 12.8 Å². The van der Waals surface area contributed by atoms with Gasteiger partial charge in [-0.25, -0.2) is 4.98 Å². The molecule has 1 saturated heterocycles. The monoisotopic (exact) mass is 401 g/mol. The average Bonchev–Trinajstić information content (AvgIpc) is 3.11. The van der Waals surface area contributed by atoms with Gasteiger partial charge < -0.3 is 4.90 Å². The van der Waals surface area contributed by atoms with Crippen LogP contribution in [-0.2, 0) is 11.3 Å². The lowest BCUT2D eigenvalue weighted by Gasteiger charge is -2.30. The normalized spacial score (nSPS) is 15.2. The molecule has 1 fully saturated rings. The summed E-state index contributed by atoms with van der Waals surface area (Å²) in [7, 11) is 3.83. The molecule has 2 aromatic rings. The number of aryl methyl sites for hydroxylation is 1. The fourth-order valence-corrected chi connectivity index (χ4v) is 3.88. The molecule has 1 aromatic heterocycles. The number of likely N-dealkylation sites (tertiary alicyclic amines) is 1. The van der Waals surface area contributed by atoms with E-state index in [2.05, 4.69) is 26.1 Å². The molecule has 0 saturated carbocycles. The molecule has 1 aliphatic heterocycles. The Kier molecular flexibility index (Phi) is 6.64. The van der Waals surface area contributed by atoms with E-state index in [0.29, 0.717) is 5.56 Å². The molecule has 0 radical (unpaired) electrons. The van der Waals surface area contributed by atoms with Gasteiger partial charge in [-0.15, -0.1) is 11.3 Å². The summed E-state index contributed by atoms with van der Waals surface area (Å²) in [5.74, 6) is -0.517. The highest BCUT2D eigenvalue weighted by molar-refractivity contribution is 7.09. The fraction of sp³-hybridized carbons (Fsp3) is 0.450. The Morgan fingerprint density at radius 2 is 2.00 bits per heavy atom. The number of anilines is 1. The number of hydrazine groups is 1. The largest absolute Gasteiger partial charge is 0.378 e. The van der Waals surface area contributed by atoms with E-state index in [1.165, 1.54) is 0 Å². The summed E-state index contributed by atoms with van der Waals surface area (Å²) in [6.45, 7) is 4.55. The van der Waals surface area contributed by atoms with Gasteiger partial charge in [0, 0.05) is 43.2 Å². The number of carbonyl (C=O) groups is 2. The molecule has 0 bridgehead atoms. The summed E-state index contributed by atoms with van der Waals surface area (Å²) in [5.41, 5.74) is 7.66. The van der Waals surface area contributed by atoms with Crippen LogP contribution in [0.4, 0.5) is 5.69 Å². The van der Waals surface area contributed by atoms with Gasteiger partial charge in [-0.05, 0) is 51.1 Å². The quantitative estimate of drug-likeness (QED) is 0.751. The molecular formula is C20H27N5O2S. The van der Waals surface area contributed by atoms with Crippen molar-refractivity contribution in [3.63, 3.8) is 0 Å². The first-order valence-electron chi connectivity index (χ1n) is 9.43. The van der Waals surface area contributed by atoms with E-state index in [1.807, 2.05) is 38.1 Å². The van der Waals surface area contributed by atoms with Gasteiger partial charge in [0.2, 0.25) is 5.91 Å². The van der Waals surface area contributed by atoms with Crippen LogP contribution in [0.1, 0.15) is 33.9 Å². The third-order valence-electron chi connectivity index (χ3n) is 4.93. The summed E-state index contributed by atoms with van der Waals surface area (Å²) in [5, 5.41) is 3.17. The molecule has 0 atom stereocenters. The second kappa shape index (κ2) is 9.16. The fourth-order valence-electron chi connectivity index (χ4n) is 3.28. The molecule has 28 heavy (non-hydrogen) atoms. The van der Waals surface area contributed by atoms with Gasteiger partial charge >= 0.3 is 0 Å². The van der Waals surface area contributed by atoms with Crippen LogP contribution in [0.3, 0.4) is 0 Å². The highest BCUT2D eigenvalue weighted by Gasteiger charge is 2.25. The lowest BCUT2D eigenvalue weighted by molar-refractivity contribution is -0.127. The predicted molar refractivity (Wildman–Crippen MR) is 111 cm³/mol. The van der Waals surface area contributed by atoms with Crippen molar-refractivity contribution in [2.24, 2.45) is 5.92 Å². The van der Waals surface area contributed by atoms with Crippen molar-refractivity contribution < 1.29 is 9.59 Å². The van der Waals surface area contributed by atoms with Crippen LogP contribution < -0.4 is 15.8 Å². The zero-order valence-electron chi connectivity index (χ0n) is 16.6. The Morgan fingerprint density at radius 1 is 1.25 bits per heavy atom. The molecule has 8 heteroatoms. The lowest BCUT2D eigenvalue weighted by Crippen LogP contribution is -2.47. The van der Waals surface area contributed by atoms with Crippen molar-refractivity contribution in [2.45, 2.75) is 26.3 Å². The van der Waals surface area contributed by atoms with E-state index < -0.39 is 0 Å². The zero-order valence-corrected chi connectivity index (χ0v) is 17.4. The first-order valence-corrected chi connectivity index (χ1v) is 10.3. The van der Waals surface area contributed by atoms with Crippen molar-refractivity contribution in [3.8, 4) is 0 Å². The maximum Gasteiger partial charge on any atom is 0.269 e. The van der Waals surface area contributed by atoms with Gasteiger partial charge in [-0.3, -0.25) is 25.3 Å². The van der Waals surface area contributed by atoms with Gasteiger partial charge in [0.15, 0.2) is 0 Å². The van der Waals surface area contributed by atoms with Crippen molar-refractivity contribution in [2.75, 3.05) is 32.1 Å². The molecule has 2 heterocycles.